The summed E-state index contributed by atoms with van der Waals surface area (Å²) in [6, 6.07) is 2.61. The molecule has 2 aromatic rings. The summed E-state index contributed by atoms with van der Waals surface area (Å²) in [4.78, 5) is 25.2. The molecule has 0 spiro atoms. The third-order valence-corrected chi connectivity index (χ3v) is 5.67. The van der Waals surface area contributed by atoms with Gasteiger partial charge in [-0.3, -0.25) is 4.79 Å². The second-order valence-corrected chi connectivity index (χ2v) is 7.33. The van der Waals surface area contributed by atoms with Crippen LogP contribution in [0.1, 0.15) is 21.9 Å². The summed E-state index contributed by atoms with van der Waals surface area (Å²) in [5.41, 5.74) is 5.08. The molecule has 0 saturated carbocycles. The number of alkyl halides is 2. The van der Waals surface area contributed by atoms with E-state index in [1.165, 1.54) is 23.5 Å². The van der Waals surface area contributed by atoms with E-state index < -0.39 is 18.1 Å². The molecule has 2 aliphatic rings. The number of anilines is 1. The van der Waals surface area contributed by atoms with Crippen LogP contribution in [-0.2, 0) is 15.0 Å². The van der Waals surface area contributed by atoms with Crippen molar-refractivity contribution in [2.45, 2.75) is 18.6 Å². The van der Waals surface area contributed by atoms with Crippen molar-refractivity contribution in [3.63, 3.8) is 0 Å². The van der Waals surface area contributed by atoms with Gasteiger partial charge in [0.1, 0.15) is 27.8 Å². The average Bonchev–Trinajstić information content (AvgIpc) is 3.17. The van der Waals surface area contributed by atoms with Crippen molar-refractivity contribution in [2.24, 2.45) is 16.6 Å². The highest BCUT2D eigenvalue weighted by atomic mass is 32.1. The number of ether oxygens (including phenoxy) is 3. The van der Waals surface area contributed by atoms with Gasteiger partial charge < -0.3 is 25.3 Å². The van der Waals surface area contributed by atoms with Crippen molar-refractivity contribution in [3.8, 4) is 5.75 Å². The molecule has 9 nitrogen and oxygen atoms in total. The number of amides is 1. The average molecular weight is 425 g/mol. The Balaban J connectivity index is 1.50. The van der Waals surface area contributed by atoms with E-state index in [4.69, 9.17) is 15.2 Å². The van der Waals surface area contributed by atoms with Crippen LogP contribution < -0.4 is 15.8 Å². The van der Waals surface area contributed by atoms with E-state index in [0.717, 1.165) is 12.6 Å². The van der Waals surface area contributed by atoms with E-state index >= 15 is 0 Å². The van der Waals surface area contributed by atoms with Crippen molar-refractivity contribution in [1.82, 2.24) is 9.97 Å². The van der Waals surface area contributed by atoms with Gasteiger partial charge in [0.15, 0.2) is 0 Å². The second-order valence-electron chi connectivity index (χ2n) is 6.47. The lowest BCUT2D eigenvalue weighted by Gasteiger charge is -2.41. The lowest BCUT2D eigenvalue weighted by molar-refractivity contribution is -0.0500. The van der Waals surface area contributed by atoms with Crippen LogP contribution in [0.3, 0.4) is 0 Å². The first kappa shape index (κ1) is 19.5. The Bertz CT molecular complexity index is 923. The fourth-order valence-electron chi connectivity index (χ4n) is 3.25. The van der Waals surface area contributed by atoms with Crippen LogP contribution >= 0.6 is 11.3 Å². The number of carbonyl (C=O) groups excluding carboxylic acids is 1. The molecule has 0 aliphatic carbocycles. The van der Waals surface area contributed by atoms with Crippen LogP contribution in [0.15, 0.2) is 28.7 Å². The Kier molecular flexibility index (Phi) is 5.28. The number of amidine groups is 1. The first-order chi connectivity index (χ1) is 14.0. The number of hydrogen-bond acceptors (Lipinski definition) is 9. The Morgan fingerprint density at radius 3 is 3.07 bits per heavy atom. The number of rotatable bonds is 5. The van der Waals surface area contributed by atoms with Crippen molar-refractivity contribution < 1.29 is 27.8 Å². The van der Waals surface area contributed by atoms with Gasteiger partial charge in [0, 0.05) is 17.9 Å². The van der Waals surface area contributed by atoms with Gasteiger partial charge in [-0.1, -0.05) is 0 Å². The predicted octanol–water partition coefficient (Wildman–Crippen LogP) is 1.97. The molecule has 0 aromatic carbocycles. The van der Waals surface area contributed by atoms with Crippen LogP contribution in [0.5, 0.6) is 5.75 Å². The molecule has 1 fully saturated rings. The summed E-state index contributed by atoms with van der Waals surface area (Å²) in [5.74, 6) is -0.273. The van der Waals surface area contributed by atoms with Crippen LogP contribution in [0.25, 0.3) is 0 Å². The van der Waals surface area contributed by atoms with E-state index in [1.807, 2.05) is 0 Å². The summed E-state index contributed by atoms with van der Waals surface area (Å²) in [7, 11) is 0. The number of halogens is 2. The van der Waals surface area contributed by atoms with Crippen molar-refractivity contribution >= 4 is 29.1 Å². The lowest BCUT2D eigenvalue weighted by atomic mass is 9.81. The zero-order valence-corrected chi connectivity index (χ0v) is 15.8. The number of fused-ring (bicyclic) bond motifs is 1. The van der Waals surface area contributed by atoms with Gasteiger partial charge in [-0.25, -0.2) is 15.0 Å². The van der Waals surface area contributed by atoms with Crippen LogP contribution in [-0.4, -0.2) is 48.3 Å². The minimum atomic E-state index is -2.96. The molecular formula is C17H17F2N5O4S. The third-order valence-electron chi connectivity index (χ3n) is 4.66. The molecule has 2 atom stereocenters. The van der Waals surface area contributed by atoms with Crippen molar-refractivity contribution in [1.29, 1.82) is 0 Å². The minimum Gasteiger partial charge on any atom is -0.465 e. The Morgan fingerprint density at radius 1 is 1.45 bits per heavy atom. The summed E-state index contributed by atoms with van der Waals surface area (Å²) >= 11 is 1.33. The number of thiazole rings is 1. The molecule has 2 unspecified atom stereocenters. The molecule has 29 heavy (non-hydrogen) atoms. The first-order valence-electron chi connectivity index (χ1n) is 8.70. The number of pyridine rings is 1. The molecule has 3 N–H and O–H groups in total. The largest absolute Gasteiger partial charge is 0.465 e. The topological polar surface area (TPSA) is 121 Å². The number of carbonyl (C=O) groups is 1. The minimum absolute atomic E-state index is 0.0338. The van der Waals surface area contributed by atoms with E-state index in [-0.39, 0.29) is 23.4 Å². The highest BCUT2D eigenvalue weighted by molar-refractivity contribution is 7.10. The molecule has 1 amide bonds. The number of nitrogens with zero attached hydrogens (tertiary/aromatic N) is 3. The van der Waals surface area contributed by atoms with Crippen LogP contribution in [0.2, 0.25) is 0 Å². The lowest BCUT2D eigenvalue weighted by Crippen LogP contribution is -2.49. The van der Waals surface area contributed by atoms with Gasteiger partial charge in [0.05, 0.1) is 19.4 Å². The van der Waals surface area contributed by atoms with Crippen LogP contribution in [0, 0.1) is 5.92 Å². The number of nitrogens with one attached hydrogen (secondary N) is 1. The van der Waals surface area contributed by atoms with Crippen molar-refractivity contribution in [3.05, 3.63) is 34.4 Å². The molecule has 2 aromatic heterocycles. The highest BCUT2D eigenvalue weighted by Crippen LogP contribution is 2.43. The smallest absolute Gasteiger partial charge is 0.387 e. The summed E-state index contributed by atoms with van der Waals surface area (Å²) in [6.07, 6.45) is 1.81. The molecule has 1 saturated heterocycles. The predicted molar refractivity (Wildman–Crippen MR) is 99.1 cm³/mol. The number of aromatic nitrogens is 2. The Morgan fingerprint density at radius 2 is 2.31 bits per heavy atom. The van der Waals surface area contributed by atoms with Gasteiger partial charge in [-0.2, -0.15) is 8.78 Å². The second kappa shape index (κ2) is 7.87. The van der Waals surface area contributed by atoms with Gasteiger partial charge in [0.25, 0.3) is 11.9 Å². The fourth-order valence-corrected chi connectivity index (χ4v) is 4.21. The normalized spacial score (nSPS) is 23.7. The molecule has 2 aliphatic heterocycles. The SMILES string of the molecule is NC1=NC2(c3nc(NC(=O)c4ccc(OC(F)F)cn4)cs3)COCCC2CO1. The number of aliphatic imine (C=N–C) groups is 1. The molecule has 12 heteroatoms. The van der Waals surface area contributed by atoms with Crippen LogP contribution in [0.4, 0.5) is 14.6 Å². The van der Waals surface area contributed by atoms with Gasteiger partial charge in [-0.15, -0.1) is 11.3 Å². The van der Waals surface area contributed by atoms with E-state index in [9.17, 15) is 13.6 Å². The van der Waals surface area contributed by atoms with E-state index in [0.29, 0.717) is 30.6 Å². The van der Waals surface area contributed by atoms with Crippen molar-refractivity contribution in [2.75, 3.05) is 25.1 Å². The first-order valence-corrected chi connectivity index (χ1v) is 9.58. The standard InChI is InChI=1S/C17H17F2N5O4S/c18-15(19)28-10-1-2-11(21-5-10)13(25)22-12-7-29-14(23-12)17-8-26-4-3-9(17)6-27-16(20)24-17/h1-2,5,7,9,15H,3-4,6,8H2,(H2,20,24)(H,22,25). The summed E-state index contributed by atoms with van der Waals surface area (Å²) in [6.45, 7) is -1.59. The molecular weight excluding hydrogens is 408 g/mol. The summed E-state index contributed by atoms with van der Waals surface area (Å²) in [5, 5.41) is 4.99. The molecule has 154 valence electrons. The Labute approximate surface area is 167 Å². The van der Waals surface area contributed by atoms with Gasteiger partial charge >= 0.3 is 6.61 Å². The number of nitrogens with two attached hydrogens (primary N) is 1. The Hall–Kier alpha value is -2.86. The zero-order chi connectivity index (χ0) is 20.4. The molecule has 4 rings (SSSR count). The molecule has 0 bridgehead atoms. The fraction of sp³-hybridized carbons (Fsp3) is 0.412. The molecule has 0 radical (unpaired) electrons. The third kappa shape index (κ3) is 3.98. The van der Waals surface area contributed by atoms with Gasteiger partial charge in [-0.05, 0) is 18.6 Å². The highest BCUT2D eigenvalue weighted by Gasteiger charge is 2.48. The monoisotopic (exact) mass is 425 g/mol. The summed E-state index contributed by atoms with van der Waals surface area (Å²) < 4.78 is 39.6. The van der Waals surface area contributed by atoms with Gasteiger partial charge in [0.2, 0.25) is 0 Å². The molecule has 4 heterocycles. The quantitative estimate of drug-likeness (QED) is 0.751. The van der Waals surface area contributed by atoms with E-state index in [1.54, 1.807) is 5.38 Å². The maximum absolute atomic E-state index is 12.4. The maximum Gasteiger partial charge on any atom is 0.387 e. The van der Waals surface area contributed by atoms with E-state index in [2.05, 4.69) is 25.0 Å². The zero-order valence-electron chi connectivity index (χ0n) is 15.0. The maximum atomic E-state index is 12.4. The number of hydrogen-bond donors (Lipinski definition) is 2.